The molecule has 0 radical (unpaired) electrons. The van der Waals surface area contributed by atoms with E-state index in [0.29, 0.717) is 0 Å². The fourth-order valence-electron chi connectivity index (χ4n) is 1.53. The second-order valence-electron chi connectivity index (χ2n) is 3.85. The highest BCUT2D eigenvalue weighted by Gasteiger charge is 2.14. The summed E-state index contributed by atoms with van der Waals surface area (Å²) in [6.45, 7) is 0. The maximum Gasteiger partial charge on any atom is 0.258 e. The highest BCUT2D eigenvalue weighted by atomic mass is 19.1. The molecule has 98 valence electrons. The predicted molar refractivity (Wildman–Crippen MR) is 66.8 cm³/mol. The minimum absolute atomic E-state index is 0.0626. The maximum atomic E-state index is 13.4. The third-order valence-electron chi connectivity index (χ3n) is 2.46. The van der Waals surface area contributed by atoms with Gasteiger partial charge in [-0.1, -0.05) is 0 Å². The van der Waals surface area contributed by atoms with Crippen LogP contribution in [0.15, 0.2) is 36.4 Å². The molecule has 4 nitrogen and oxygen atoms in total. The molecule has 2 aromatic rings. The molecule has 0 aromatic heterocycles. The number of nitrogen functional groups attached to an aromatic ring is 1. The number of hydrogen-bond acceptors (Lipinski definition) is 3. The molecule has 0 fully saturated rings. The number of halogens is 2. The van der Waals surface area contributed by atoms with Crippen molar-refractivity contribution < 1.29 is 18.7 Å². The van der Waals surface area contributed by atoms with Crippen LogP contribution in [0, 0.1) is 11.6 Å². The fourth-order valence-corrected chi connectivity index (χ4v) is 1.53. The summed E-state index contributed by atoms with van der Waals surface area (Å²) < 4.78 is 26.4. The second kappa shape index (κ2) is 4.93. The zero-order valence-electron chi connectivity index (χ0n) is 9.65. The quantitative estimate of drug-likeness (QED) is 0.576. The number of amides is 1. The Hall–Kier alpha value is -2.63. The van der Waals surface area contributed by atoms with E-state index in [1.807, 2.05) is 0 Å². The third kappa shape index (κ3) is 2.79. The van der Waals surface area contributed by atoms with Crippen LogP contribution in [-0.2, 0) is 0 Å². The largest absolute Gasteiger partial charge is 0.508 e. The van der Waals surface area contributed by atoms with Crippen molar-refractivity contribution in [2.45, 2.75) is 0 Å². The lowest BCUT2D eigenvalue weighted by Gasteiger charge is -2.09. The van der Waals surface area contributed by atoms with Crippen molar-refractivity contribution in [2.24, 2.45) is 0 Å². The molecule has 0 atom stereocenters. The first-order valence-corrected chi connectivity index (χ1v) is 5.32. The van der Waals surface area contributed by atoms with E-state index in [0.717, 1.165) is 18.2 Å². The summed E-state index contributed by atoms with van der Waals surface area (Å²) in [4.78, 5) is 11.8. The first-order chi connectivity index (χ1) is 8.97. The minimum Gasteiger partial charge on any atom is -0.508 e. The molecule has 4 N–H and O–H groups in total. The number of phenolic OH excluding ortho intramolecular Hbond substituents is 1. The van der Waals surface area contributed by atoms with Crippen LogP contribution in [0.25, 0.3) is 0 Å². The van der Waals surface area contributed by atoms with Crippen LogP contribution < -0.4 is 11.1 Å². The summed E-state index contributed by atoms with van der Waals surface area (Å²) in [5.74, 6) is -2.44. The van der Waals surface area contributed by atoms with Gasteiger partial charge in [-0.15, -0.1) is 0 Å². The Morgan fingerprint density at radius 2 is 1.89 bits per heavy atom. The number of phenols is 1. The van der Waals surface area contributed by atoms with Gasteiger partial charge in [0.1, 0.15) is 17.4 Å². The van der Waals surface area contributed by atoms with Gasteiger partial charge >= 0.3 is 0 Å². The van der Waals surface area contributed by atoms with Crippen molar-refractivity contribution in [3.63, 3.8) is 0 Å². The number of anilines is 2. The molecule has 0 aliphatic heterocycles. The molecule has 0 unspecified atom stereocenters. The Morgan fingerprint density at radius 1 is 1.16 bits per heavy atom. The molecule has 0 aliphatic carbocycles. The van der Waals surface area contributed by atoms with Gasteiger partial charge in [-0.3, -0.25) is 4.79 Å². The molecule has 2 rings (SSSR count). The standard InChI is InChI=1S/C13H10F2N2O2/c14-7-1-3-10(15)9(5-7)13(19)17-12-4-2-8(18)6-11(12)16/h1-6,18H,16H2,(H,17,19). The van der Waals surface area contributed by atoms with E-state index in [-0.39, 0.29) is 17.1 Å². The Labute approximate surface area is 107 Å². The lowest BCUT2D eigenvalue weighted by atomic mass is 10.2. The molecule has 1 amide bonds. The highest BCUT2D eigenvalue weighted by molar-refractivity contribution is 6.05. The third-order valence-corrected chi connectivity index (χ3v) is 2.46. The molecule has 0 spiro atoms. The molecule has 0 heterocycles. The fraction of sp³-hybridized carbons (Fsp3) is 0. The summed E-state index contributed by atoms with van der Waals surface area (Å²) in [6, 6.07) is 6.48. The van der Waals surface area contributed by atoms with Gasteiger partial charge in [0, 0.05) is 6.07 Å². The molecule has 0 aliphatic rings. The van der Waals surface area contributed by atoms with Crippen LogP contribution in [-0.4, -0.2) is 11.0 Å². The van der Waals surface area contributed by atoms with Crippen molar-refractivity contribution in [3.8, 4) is 5.75 Å². The number of hydrogen-bond donors (Lipinski definition) is 3. The zero-order chi connectivity index (χ0) is 14.0. The zero-order valence-corrected chi connectivity index (χ0v) is 9.65. The van der Waals surface area contributed by atoms with Crippen LogP contribution in [0.5, 0.6) is 5.75 Å². The van der Waals surface area contributed by atoms with Crippen molar-refractivity contribution >= 4 is 17.3 Å². The SMILES string of the molecule is Nc1cc(O)ccc1NC(=O)c1cc(F)ccc1F. The molecular weight excluding hydrogens is 254 g/mol. The lowest BCUT2D eigenvalue weighted by Crippen LogP contribution is -2.15. The Balaban J connectivity index is 2.28. The summed E-state index contributed by atoms with van der Waals surface area (Å²) in [5.41, 5.74) is 5.47. The van der Waals surface area contributed by atoms with E-state index in [1.54, 1.807) is 0 Å². The summed E-state index contributed by atoms with van der Waals surface area (Å²) in [5, 5.41) is 11.5. The minimum atomic E-state index is -0.837. The molecule has 2 aromatic carbocycles. The van der Waals surface area contributed by atoms with Gasteiger partial charge in [-0.25, -0.2) is 8.78 Å². The predicted octanol–water partition coefficient (Wildman–Crippen LogP) is 2.50. The van der Waals surface area contributed by atoms with Gasteiger partial charge < -0.3 is 16.2 Å². The number of benzene rings is 2. The van der Waals surface area contributed by atoms with Gasteiger partial charge in [-0.05, 0) is 30.3 Å². The number of carbonyl (C=O) groups excluding carboxylic acids is 1. The van der Waals surface area contributed by atoms with Gasteiger partial charge in [0.25, 0.3) is 5.91 Å². The van der Waals surface area contributed by atoms with E-state index >= 15 is 0 Å². The van der Waals surface area contributed by atoms with Gasteiger partial charge in [0.15, 0.2) is 0 Å². The molecule has 0 saturated heterocycles. The number of carbonyl (C=O) groups is 1. The summed E-state index contributed by atoms with van der Waals surface area (Å²) >= 11 is 0. The molecule has 0 bridgehead atoms. The van der Waals surface area contributed by atoms with Crippen LogP contribution in [0.1, 0.15) is 10.4 Å². The molecule has 6 heteroatoms. The second-order valence-corrected chi connectivity index (χ2v) is 3.85. The van der Waals surface area contributed by atoms with Crippen LogP contribution in [0.3, 0.4) is 0 Å². The Morgan fingerprint density at radius 3 is 2.58 bits per heavy atom. The lowest BCUT2D eigenvalue weighted by molar-refractivity contribution is 0.102. The average Bonchev–Trinajstić information content (AvgIpc) is 2.35. The maximum absolute atomic E-state index is 13.4. The topological polar surface area (TPSA) is 75.3 Å². The molecule has 19 heavy (non-hydrogen) atoms. The van der Waals surface area contributed by atoms with Crippen molar-refractivity contribution in [2.75, 3.05) is 11.1 Å². The first kappa shape index (κ1) is 12.8. The number of rotatable bonds is 2. The van der Waals surface area contributed by atoms with Gasteiger partial charge in [0.2, 0.25) is 0 Å². The van der Waals surface area contributed by atoms with Crippen LogP contribution in [0.2, 0.25) is 0 Å². The summed E-state index contributed by atoms with van der Waals surface area (Å²) in [6.07, 6.45) is 0. The smallest absolute Gasteiger partial charge is 0.258 e. The van der Waals surface area contributed by atoms with E-state index in [2.05, 4.69) is 5.32 Å². The molecular formula is C13H10F2N2O2. The normalized spacial score (nSPS) is 10.2. The van der Waals surface area contributed by atoms with Crippen molar-refractivity contribution in [3.05, 3.63) is 53.6 Å². The van der Waals surface area contributed by atoms with E-state index < -0.39 is 23.1 Å². The Bertz CT molecular complexity index is 645. The van der Waals surface area contributed by atoms with Crippen LogP contribution >= 0.6 is 0 Å². The average molecular weight is 264 g/mol. The Kier molecular flexibility index (Phi) is 3.33. The number of nitrogens with one attached hydrogen (secondary N) is 1. The highest BCUT2D eigenvalue weighted by Crippen LogP contribution is 2.24. The summed E-state index contributed by atoms with van der Waals surface area (Å²) in [7, 11) is 0. The van der Waals surface area contributed by atoms with E-state index in [4.69, 9.17) is 10.8 Å². The van der Waals surface area contributed by atoms with Crippen molar-refractivity contribution in [1.29, 1.82) is 0 Å². The van der Waals surface area contributed by atoms with E-state index in [1.165, 1.54) is 18.2 Å². The monoisotopic (exact) mass is 264 g/mol. The van der Waals surface area contributed by atoms with E-state index in [9.17, 15) is 13.6 Å². The van der Waals surface area contributed by atoms with Crippen LogP contribution in [0.4, 0.5) is 20.2 Å². The van der Waals surface area contributed by atoms with Crippen molar-refractivity contribution in [1.82, 2.24) is 0 Å². The van der Waals surface area contributed by atoms with Gasteiger partial charge in [-0.2, -0.15) is 0 Å². The first-order valence-electron chi connectivity index (χ1n) is 5.32. The number of aromatic hydroxyl groups is 1. The molecule has 0 saturated carbocycles. The number of nitrogens with two attached hydrogens (primary N) is 1. The van der Waals surface area contributed by atoms with Gasteiger partial charge in [0.05, 0.1) is 16.9 Å².